The fraction of sp³-hybridized carbons (Fsp3) is 0.600. The van der Waals surface area contributed by atoms with Crippen LogP contribution in [0.15, 0.2) is 17.5 Å². The van der Waals surface area contributed by atoms with E-state index in [0.717, 1.165) is 0 Å². The monoisotopic (exact) mass is 481 g/mol. The number of amides is 3. The second-order valence-electron chi connectivity index (χ2n) is 7.88. The van der Waals surface area contributed by atoms with E-state index in [1.54, 1.807) is 0 Å². The first-order chi connectivity index (χ1) is 16.0. The molecule has 1 aromatic heterocycles. The number of nitrogens with one attached hydrogen (secondary N) is 4. The van der Waals surface area contributed by atoms with Gasteiger partial charge in [0.1, 0.15) is 12.1 Å². The number of H-pyrrole nitrogens is 1. The zero-order valence-electron chi connectivity index (χ0n) is 19.4. The Bertz CT molecular complexity index is 839. The number of hydrogen-bond acceptors (Lipinski definition) is 7. The minimum absolute atomic E-state index is 0.0260. The molecule has 3 amide bonds. The number of carbonyl (C=O) groups is 4. The lowest BCUT2D eigenvalue weighted by Gasteiger charge is -2.22. The largest absolute Gasteiger partial charge is 0.480 e. The normalized spacial score (nSPS) is 14.2. The number of rotatable bonds is 15. The van der Waals surface area contributed by atoms with Crippen LogP contribution >= 0.6 is 0 Å². The Morgan fingerprint density at radius 1 is 1.18 bits per heavy atom. The molecule has 1 heterocycles. The molecule has 0 aliphatic carbocycles. The maximum Gasteiger partial charge on any atom is 0.326 e. The molecule has 0 saturated carbocycles. The molecule has 0 aromatic carbocycles. The molecule has 0 spiro atoms. The van der Waals surface area contributed by atoms with Crippen LogP contribution in [-0.2, 0) is 25.6 Å². The molecule has 14 heteroatoms. The SMILES string of the molecule is CCC(C)C(N)C(=O)NCC(=O)NC(Cc1cnc[nH]1)C(=O)NC(CCCN=C(N)N)C(=O)O. The Hall–Kier alpha value is -3.68. The van der Waals surface area contributed by atoms with Crippen molar-refractivity contribution < 1.29 is 24.3 Å². The minimum atomic E-state index is -1.24. The Balaban J connectivity index is 2.77. The van der Waals surface area contributed by atoms with Crippen LogP contribution in [0.4, 0.5) is 0 Å². The Labute approximate surface area is 197 Å². The van der Waals surface area contributed by atoms with Crippen molar-refractivity contribution in [3.05, 3.63) is 18.2 Å². The van der Waals surface area contributed by atoms with Crippen LogP contribution in [0, 0.1) is 5.92 Å². The van der Waals surface area contributed by atoms with E-state index in [0.29, 0.717) is 18.5 Å². The summed E-state index contributed by atoms with van der Waals surface area (Å²) in [6, 6.07) is -3.10. The van der Waals surface area contributed by atoms with E-state index in [2.05, 4.69) is 30.9 Å². The highest BCUT2D eigenvalue weighted by molar-refractivity contribution is 5.92. The van der Waals surface area contributed by atoms with Gasteiger partial charge in [0.15, 0.2) is 5.96 Å². The molecule has 0 fully saturated rings. The predicted octanol–water partition coefficient (Wildman–Crippen LogP) is -2.45. The molecule has 4 unspecified atom stereocenters. The van der Waals surface area contributed by atoms with E-state index in [1.165, 1.54) is 12.5 Å². The lowest BCUT2D eigenvalue weighted by Crippen LogP contribution is -2.54. The standard InChI is InChI=1S/C20H35N9O5/c1-3-11(2)16(21)18(32)26-9-15(30)28-14(7-12-8-24-10-27-12)17(31)29-13(19(33)34)5-4-6-25-20(22)23/h8,10-11,13-14,16H,3-7,9,21H2,1-2H3,(H,24,27)(H,26,32)(H,28,30)(H,29,31)(H,33,34)(H4,22,23,25). The van der Waals surface area contributed by atoms with Crippen LogP contribution in [-0.4, -0.2) is 75.9 Å². The molecular formula is C20H35N9O5. The quantitative estimate of drug-likeness (QED) is 0.0751. The topological polar surface area (TPSA) is 244 Å². The third kappa shape index (κ3) is 10.3. The number of carboxylic acid groups (broad SMARTS) is 1. The van der Waals surface area contributed by atoms with Gasteiger partial charge in [-0.05, 0) is 18.8 Å². The van der Waals surface area contributed by atoms with Crippen molar-refractivity contribution in [2.75, 3.05) is 13.1 Å². The van der Waals surface area contributed by atoms with Crippen molar-refractivity contribution in [2.24, 2.45) is 28.1 Å². The zero-order chi connectivity index (χ0) is 25.7. The van der Waals surface area contributed by atoms with Crippen molar-refractivity contribution in [1.29, 1.82) is 0 Å². The van der Waals surface area contributed by atoms with Gasteiger partial charge < -0.3 is 43.2 Å². The van der Waals surface area contributed by atoms with Crippen LogP contribution in [0.3, 0.4) is 0 Å². The van der Waals surface area contributed by atoms with Crippen molar-refractivity contribution in [1.82, 2.24) is 25.9 Å². The summed E-state index contributed by atoms with van der Waals surface area (Å²) in [5, 5.41) is 16.8. The third-order valence-corrected chi connectivity index (χ3v) is 5.17. The van der Waals surface area contributed by atoms with Crippen molar-refractivity contribution >= 4 is 29.7 Å². The Morgan fingerprint density at radius 2 is 1.88 bits per heavy atom. The molecule has 1 aromatic rings. The zero-order valence-corrected chi connectivity index (χ0v) is 19.4. The number of guanidine groups is 1. The molecule has 34 heavy (non-hydrogen) atoms. The van der Waals surface area contributed by atoms with Gasteiger partial charge in [0, 0.05) is 24.9 Å². The lowest BCUT2D eigenvalue weighted by molar-refractivity contribution is -0.142. The first kappa shape index (κ1) is 28.4. The summed E-state index contributed by atoms with van der Waals surface area (Å²) in [7, 11) is 0. The second-order valence-corrected chi connectivity index (χ2v) is 7.88. The fourth-order valence-corrected chi connectivity index (χ4v) is 2.90. The van der Waals surface area contributed by atoms with Gasteiger partial charge in [-0.1, -0.05) is 20.3 Å². The molecule has 11 N–H and O–H groups in total. The first-order valence-corrected chi connectivity index (χ1v) is 10.9. The first-order valence-electron chi connectivity index (χ1n) is 10.9. The molecule has 0 aliphatic rings. The predicted molar refractivity (Wildman–Crippen MR) is 124 cm³/mol. The maximum absolute atomic E-state index is 12.8. The number of nitrogens with two attached hydrogens (primary N) is 3. The smallest absolute Gasteiger partial charge is 0.326 e. The highest BCUT2D eigenvalue weighted by Crippen LogP contribution is 2.05. The van der Waals surface area contributed by atoms with E-state index in [4.69, 9.17) is 17.2 Å². The van der Waals surface area contributed by atoms with Crippen molar-refractivity contribution in [3.8, 4) is 0 Å². The summed E-state index contributed by atoms with van der Waals surface area (Å²) in [6.07, 6.45) is 4.00. The number of carboxylic acids is 1. The van der Waals surface area contributed by atoms with Gasteiger partial charge >= 0.3 is 5.97 Å². The summed E-state index contributed by atoms with van der Waals surface area (Å²) in [5.74, 6) is -3.25. The van der Waals surface area contributed by atoms with Gasteiger partial charge in [-0.3, -0.25) is 19.4 Å². The highest BCUT2D eigenvalue weighted by atomic mass is 16.4. The lowest BCUT2D eigenvalue weighted by atomic mass is 9.99. The van der Waals surface area contributed by atoms with Crippen molar-refractivity contribution in [2.45, 2.75) is 57.7 Å². The molecule has 4 atom stereocenters. The van der Waals surface area contributed by atoms with E-state index in [-0.39, 0.29) is 31.3 Å². The van der Waals surface area contributed by atoms with E-state index in [1.807, 2.05) is 13.8 Å². The molecule has 0 aliphatic heterocycles. The van der Waals surface area contributed by atoms with Crippen LogP contribution in [0.2, 0.25) is 0 Å². The van der Waals surface area contributed by atoms with E-state index >= 15 is 0 Å². The van der Waals surface area contributed by atoms with Gasteiger partial charge in [-0.15, -0.1) is 0 Å². The third-order valence-electron chi connectivity index (χ3n) is 5.17. The molecule has 14 nitrogen and oxygen atoms in total. The van der Waals surface area contributed by atoms with Gasteiger partial charge in [-0.25, -0.2) is 9.78 Å². The number of hydrogen-bond donors (Lipinski definition) is 8. The summed E-state index contributed by atoms with van der Waals surface area (Å²) in [5.41, 5.74) is 16.9. The number of carbonyl (C=O) groups excluding carboxylic acids is 3. The van der Waals surface area contributed by atoms with Crippen LogP contribution in [0.1, 0.15) is 38.8 Å². The fourth-order valence-electron chi connectivity index (χ4n) is 2.90. The van der Waals surface area contributed by atoms with Crippen LogP contribution in [0.25, 0.3) is 0 Å². The minimum Gasteiger partial charge on any atom is -0.480 e. The van der Waals surface area contributed by atoms with Gasteiger partial charge in [0.05, 0.1) is 18.9 Å². The Kier molecular flexibility index (Phi) is 12.1. The molecule has 0 radical (unpaired) electrons. The molecule has 0 bridgehead atoms. The summed E-state index contributed by atoms with van der Waals surface area (Å²) < 4.78 is 0. The average Bonchev–Trinajstić information content (AvgIpc) is 3.30. The van der Waals surface area contributed by atoms with Gasteiger partial charge in [0.25, 0.3) is 0 Å². The number of aliphatic carboxylic acids is 1. The van der Waals surface area contributed by atoms with Crippen LogP contribution < -0.4 is 33.2 Å². The highest BCUT2D eigenvalue weighted by Gasteiger charge is 2.27. The molecule has 1 rings (SSSR count). The number of aliphatic imine (C=N–C) groups is 1. The molecule has 190 valence electrons. The molecule has 0 saturated heterocycles. The van der Waals surface area contributed by atoms with E-state index in [9.17, 15) is 24.3 Å². The average molecular weight is 482 g/mol. The molecular weight excluding hydrogens is 446 g/mol. The summed E-state index contributed by atoms with van der Waals surface area (Å²) >= 11 is 0. The Morgan fingerprint density at radius 3 is 2.44 bits per heavy atom. The second kappa shape index (κ2) is 14.5. The van der Waals surface area contributed by atoms with Crippen LogP contribution in [0.5, 0.6) is 0 Å². The number of imidazole rings is 1. The number of aromatic amines is 1. The van der Waals surface area contributed by atoms with Gasteiger partial charge in [0.2, 0.25) is 17.7 Å². The van der Waals surface area contributed by atoms with E-state index < -0.39 is 48.4 Å². The van der Waals surface area contributed by atoms with Crippen molar-refractivity contribution in [3.63, 3.8) is 0 Å². The summed E-state index contributed by atoms with van der Waals surface area (Å²) in [4.78, 5) is 59.4. The van der Waals surface area contributed by atoms with Gasteiger partial charge in [-0.2, -0.15) is 0 Å². The number of aromatic nitrogens is 2. The maximum atomic E-state index is 12.8. The number of nitrogens with zero attached hydrogens (tertiary/aromatic N) is 2. The summed E-state index contributed by atoms with van der Waals surface area (Å²) in [6.45, 7) is 3.53.